The second kappa shape index (κ2) is 7.93. The van der Waals surface area contributed by atoms with E-state index in [4.69, 9.17) is 14.8 Å². The molecule has 0 unspecified atom stereocenters. The summed E-state index contributed by atoms with van der Waals surface area (Å²) in [6.07, 6.45) is 2.36. The lowest BCUT2D eigenvalue weighted by Gasteiger charge is -2.38. The van der Waals surface area contributed by atoms with E-state index in [1.165, 1.54) is 24.0 Å². The van der Waals surface area contributed by atoms with Gasteiger partial charge in [-0.1, -0.05) is 60.7 Å². The highest BCUT2D eigenvalue weighted by Gasteiger charge is 2.43. The molecule has 1 saturated carbocycles. The molecule has 0 bridgehead atoms. The van der Waals surface area contributed by atoms with Crippen molar-refractivity contribution in [2.75, 3.05) is 7.11 Å². The topological polar surface area (TPSA) is 42.6 Å². The fourth-order valence-electron chi connectivity index (χ4n) is 4.77. The third-order valence-corrected chi connectivity index (χ3v) is 6.49. The van der Waals surface area contributed by atoms with E-state index in [2.05, 4.69) is 66.4 Å². The Kier molecular flexibility index (Phi) is 4.75. The molecule has 1 fully saturated rings. The molecule has 1 atom stereocenters. The van der Waals surface area contributed by atoms with Crippen molar-refractivity contribution >= 4 is 11.7 Å². The number of fused-ring (bicyclic) bond motifs is 1. The maximum absolute atomic E-state index is 5.43. The Balaban J connectivity index is 1.61. The molecule has 0 spiro atoms. The van der Waals surface area contributed by atoms with Gasteiger partial charge in [-0.25, -0.2) is 9.67 Å². The standard InChI is InChI=1S/C28H26N4O/c1-19-25-26(20-13-17-24(33-2)18-14-20)31(22-15-16-22)27(21-9-5-3-6-10-21)29-28(25)32(30-19)23-11-7-4-8-12-23/h3-14,17-18,22,26H,15-16H2,1-2H3/t26-/m1/s1. The number of hydrogen-bond acceptors (Lipinski definition) is 4. The highest BCUT2D eigenvalue weighted by Crippen LogP contribution is 2.47. The van der Waals surface area contributed by atoms with Crippen molar-refractivity contribution in [2.24, 2.45) is 4.99 Å². The maximum atomic E-state index is 5.43. The summed E-state index contributed by atoms with van der Waals surface area (Å²) in [4.78, 5) is 7.80. The molecular formula is C28H26N4O. The summed E-state index contributed by atoms with van der Waals surface area (Å²) < 4.78 is 7.43. The van der Waals surface area contributed by atoms with Crippen molar-refractivity contribution in [3.63, 3.8) is 0 Å². The third-order valence-electron chi connectivity index (χ3n) is 6.49. The number of rotatable bonds is 5. The minimum atomic E-state index is 0.0450. The van der Waals surface area contributed by atoms with Crippen LogP contribution in [0.4, 0.5) is 5.82 Å². The van der Waals surface area contributed by atoms with Crippen LogP contribution in [-0.2, 0) is 0 Å². The lowest BCUT2D eigenvalue weighted by atomic mass is 9.93. The Morgan fingerprint density at radius 2 is 1.52 bits per heavy atom. The zero-order chi connectivity index (χ0) is 22.4. The Hall–Kier alpha value is -3.86. The molecule has 0 radical (unpaired) electrons. The summed E-state index contributed by atoms with van der Waals surface area (Å²) in [5.41, 5.74) is 5.56. The average molecular weight is 435 g/mol. The van der Waals surface area contributed by atoms with E-state index in [9.17, 15) is 0 Å². The average Bonchev–Trinajstić information content (AvgIpc) is 3.67. The number of aryl methyl sites for hydroxylation is 1. The van der Waals surface area contributed by atoms with Crippen LogP contribution in [0.5, 0.6) is 5.75 Å². The summed E-state index contributed by atoms with van der Waals surface area (Å²) >= 11 is 0. The fourth-order valence-corrected chi connectivity index (χ4v) is 4.77. The van der Waals surface area contributed by atoms with E-state index in [0.29, 0.717) is 6.04 Å². The van der Waals surface area contributed by atoms with E-state index in [1.807, 2.05) is 35.0 Å². The van der Waals surface area contributed by atoms with E-state index in [1.54, 1.807) is 7.11 Å². The molecule has 5 heteroatoms. The first-order valence-electron chi connectivity index (χ1n) is 11.5. The van der Waals surface area contributed by atoms with Gasteiger partial charge in [0.05, 0.1) is 24.5 Å². The predicted octanol–water partition coefficient (Wildman–Crippen LogP) is 5.84. The van der Waals surface area contributed by atoms with E-state index in [-0.39, 0.29) is 6.04 Å². The van der Waals surface area contributed by atoms with Crippen molar-refractivity contribution in [3.8, 4) is 11.4 Å². The maximum Gasteiger partial charge on any atom is 0.163 e. The highest BCUT2D eigenvalue weighted by molar-refractivity contribution is 6.02. The number of aliphatic imine (C=N–C) groups is 1. The van der Waals surface area contributed by atoms with E-state index >= 15 is 0 Å². The van der Waals surface area contributed by atoms with Gasteiger partial charge >= 0.3 is 0 Å². The SMILES string of the molecule is COc1ccc([C@@H]2c3c(C)nn(-c4ccccc4)c3N=C(c3ccccc3)N2C2CC2)cc1. The van der Waals surface area contributed by atoms with Gasteiger partial charge in [0.15, 0.2) is 5.82 Å². The van der Waals surface area contributed by atoms with Crippen LogP contribution in [0.2, 0.25) is 0 Å². The van der Waals surface area contributed by atoms with Crippen LogP contribution in [0.15, 0.2) is 89.9 Å². The van der Waals surface area contributed by atoms with Gasteiger partial charge in [-0.05, 0) is 49.6 Å². The third kappa shape index (κ3) is 3.41. The molecule has 3 aromatic carbocycles. The van der Waals surface area contributed by atoms with E-state index < -0.39 is 0 Å². The summed E-state index contributed by atoms with van der Waals surface area (Å²) in [7, 11) is 1.71. The minimum absolute atomic E-state index is 0.0450. The van der Waals surface area contributed by atoms with Gasteiger partial charge < -0.3 is 9.64 Å². The first-order chi connectivity index (χ1) is 16.2. The molecule has 4 aromatic rings. The summed E-state index contributed by atoms with van der Waals surface area (Å²) in [6, 6.07) is 29.8. The van der Waals surface area contributed by atoms with Crippen LogP contribution in [-0.4, -0.2) is 33.7 Å². The molecule has 0 amide bonds. The second-order valence-electron chi connectivity index (χ2n) is 8.69. The van der Waals surface area contributed by atoms with Gasteiger partial charge in [-0.15, -0.1) is 0 Å². The highest BCUT2D eigenvalue weighted by atomic mass is 16.5. The molecule has 6 rings (SSSR count). The van der Waals surface area contributed by atoms with Crippen LogP contribution in [0.3, 0.4) is 0 Å². The van der Waals surface area contributed by atoms with Crippen molar-refractivity contribution in [1.82, 2.24) is 14.7 Å². The fraction of sp³-hybridized carbons (Fsp3) is 0.214. The van der Waals surface area contributed by atoms with Crippen LogP contribution in [0.1, 0.15) is 41.3 Å². The Morgan fingerprint density at radius 3 is 2.15 bits per heavy atom. The zero-order valence-corrected chi connectivity index (χ0v) is 18.8. The van der Waals surface area contributed by atoms with Crippen LogP contribution in [0.25, 0.3) is 5.69 Å². The minimum Gasteiger partial charge on any atom is -0.497 e. The van der Waals surface area contributed by atoms with Crippen LogP contribution < -0.4 is 4.74 Å². The molecule has 1 aliphatic carbocycles. The molecular weight excluding hydrogens is 408 g/mol. The summed E-state index contributed by atoms with van der Waals surface area (Å²) in [6.45, 7) is 2.10. The van der Waals surface area contributed by atoms with Crippen molar-refractivity contribution in [1.29, 1.82) is 0 Å². The second-order valence-corrected chi connectivity index (χ2v) is 8.69. The molecule has 0 saturated heterocycles. The molecule has 164 valence electrons. The van der Waals surface area contributed by atoms with E-state index in [0.717, 1.165) is 34.3 Å². The molecule has 1 aliphatic heterocycles. The lowest BCUT2D eigenvalue weighted by molar-refractivity contribution is 0.341. The van der Waals surface area contributed by atoms with Crippen LogP contribution >= 0.6 is 0 Å². The number of benzene rings is 3. The largest absolute Gasteiger partial charge is 0.497 e. The van der Waals surface area contributed by atoms with Gasteiger partial charge in [0.2, 0.25) is 0 Å². The number of hydrogen-bond donors (Lipinski definition) is 0. The van der Waals surface area contributed by atoms with Gasteiger partial charge in [-0.2, -0.15) is 5.10 Å². The van der Waals surface area contributed by atoms with Crippen molar-refractivity contribution in [2.45, 2.75) is 31.8 Å². The van der Waals surface area contributed by atoms with Crippen molar-refractivity contribution in [3.05, 3.63) is 107 Å². The Bertz CT molecular complexity index is 1310. The molecule has 5 nitrogen and oxygen atoms in total. The predicted molar refractivity (Wildman–Crippen MR) is 131 cm³/mol. The monoisotopic (exact) mass is 434 g/mol. The number of aromatic nitrogens is 2. The normalized spacial score (nSPS) is 17.5. The Labute approximate surface area is 194 Å². The Morgan fingerprint density at radius 1 is 0.848 bits per heavy atom. The quantitative estimate of drug-likeness (QED) is 0.397. The van der Waals surface area contributed by atoms with Crippen LogP contribution in [0, 0.1) is 6.92 Å². The molecule has 2 aliphatic rings. The van der Waals surface area contributed by atoms with Gasteiger partial charge in [-0.3, -0.25) is 0 Å². The lowest BCUT2D eigenvalue weighted by Crippen LogP contribution is -2.40. The summed E-state index contributed by atoms with van der Waals surface area (Å²) in [5, 5.41) is 4.97. The van der Waals surface area contributed by atoms with Gasteiger partial charge in [0.1, 0.15) is 11.6 Å². The number of ether oxygens (including phenoxy) is 1. The number of nitrogens with zero attached hydrogens (tertiary/aromatic N) is 4. The molecule has 33 heavy (non-hydrogen) atoms. The number of amidine groups is 1. The van der Waals surface area contributed by atoms with Crippen molar-refractivity contribution < 1.29 is 4.74 Å². The smallest absolute Gasteiger partial charge is 0.163 e. The van der Waals surface area contributed by atoms with Gasteiger partial charge in [0, 0.05) is 17.2 Å². The number of methoxy groups -OCH3 is 1. The summed E-state index contributed by atoms with van der Waals surface area (Å²) in [5.74, 6) is 2.79. The molecule has 2 heterocycles. The molecule has 1 aromatic heterocycles. The first kappa shape index (κ1) is 19.8. The molecule has 0 N–H and O–H groups in total. The zero-order valence-electron chi connectivity index (χ0n) is 18.8. The first-order valence-corrected chi connectivity index (χ1v) is 11.5. The number of para-hydroxylation sites is 1. The van der Waals surface area contributed by atoms with Gasteiger partial charge in [0.25, 0.3) is 0 Å².